The van der Waals surface area contributed by atoms with E-state index in [2.05, 4.69) is 5.32 Å². The minimum absolute atomic E-state index is 0.163. The molecule has 1 N–H and O–H groups in total. The second-order valence-corrected chi connectivity index (χ2v) is 6.43. The Kier molecular flexibility index (Phi) is 4.97. The van der Waals surface area contributed by atoms with Crippen LogP contribution in [0, 0.1) is 6.92 Å². The molecule has 1 saturated heterocycles. The van der Waals surface area contributed by atoms with Gasteiger partial charge in [0.05, 0.1) is 18.2 Å². The molecule has 124 valence electrons. The fraction of sp³-hybridized carbons (Fsp3) is 0.263. The Morgan fingerprint density at radius 1 is 1.17 bits per heavy atom. The molecule has 5 heteroatoms. The van der Waals surface area contributed by atoms with Crippen LogP contribution in [0.15, 0.2) is 48.5 Å². The summed E-state index contributed by atoms with van der Waals surface area (Å²) in [6, 6.07) is 14.6. The summed E-state index contributed by atoms with van der Waals surface area (Å²) in [5, 5.41) is 3.88. The van der Waals surface area contributed by atoms with Crippen molar-refractivity contribution in [1.29, 1.82) is 0 Å². The number of anilines is 1. The van der Waals surface area contributed by atoms with Crippen molar-refractivity contribution in [3.63, 3.8) is 0 Å². The standard InChI is InChI=1S/C19H19ClN2O2/c1-13-5-7-16(8-6-13)22-18(23)12-17(19(22)24)21-10-9-14-3-2-4-15(20)11-14/h2-8,11,17,21H,9-10,12H2,1H3/t17-/m0/s1. The largest absolute Gasteiger partial charge is 0.305 e. The van der Waals surface area contributed by atoms with Gasteiger partial charge >= 0.3 is 0 Å². The molecule has 0 spiro atoms. The van der Waals surface area contributed by atoms with Crippen LogP contribution in [0.1, 0.15) is 17.5 Å². The maximum Gasteiger partial charge on any atom is 0.251 e. The van der Waals surface area contributed by atoms with Crippen LogP contribution in [-0.2, 0) is 16.0 Å². The van der Waals surface area contributed by atoms with Gasteiger partial charge in [-0.3, -0.25) is 9.59 Å². The number of benzene rings is 2. The molecular weight excluding hydrogens is 324 g/mol. The van der Waals surface area contributed by atoms with Crippen LogP contribution in [0.4, 0.5) is 5.69 Å². The smallest absolute Gasteiger partial charge is 0.251 e. The minimum atomic E-state index is -0.460. The van der Waals surface area contributed by atoms with Crippen LogP contribution in [0.5, 0.6) is 0 Å². The van der Waals surface area contributed by atoms with Crippen LogP contribution in [-0.4, -0.2) is 24.4 Å². The van der Waals surface area contributed by atoms with Crippen molar-refractivity contribution in [2.75, 3.05) is 11.4 Å². The van der Waals surface area contributed by atoms with E-state index in [1.54, 1.807) is 12.1 Å². The Labute approximate surface area is 146 Å². The molecule has 0 bridgehead atoms. The zero-order valence-electron chi connectivity index (χ0n) is 13.5. The van der Waals surface area contributed by atoms with Crippen molar-refractivity contribution in [3.05, 3.63) is 64.7 Å². The number of carbonyl (C=O) groups excluding carboxylic acids is 2. The molecule has 0 aliphatic carbocycles. The Morgan fingerprint density at radius 2 is 1.92 bits per heavy atom. The average molecular weight is 343 g/mol. The van der Waals surface area contributed by atoms with E-state index in [4.69, 9.17) is 11.6 Å². The van der Waals surface area contributed by atoms with Crippen LogP contribution in [0.25, 0.3) is 0 Å². The number of hydrogen-bond donors (Lipinski definition) is 1. The van der Waals surface area contributed by atoms with E-state index in [1.165, 1.54) is 4.90 Å². The highest BCUT2D eigenvalue weighted by Gasteiger charge is 2.39. The molecule has 2 amide bonds. The molecule has 2 aromatic carbocycles. The topological polar surface area (TPSA) is 49.4 Å². The van der Waals surface area contributed by atoms with E-state index >= 15 is 0 Å². The van der Waals surface area contributed by atoms with E-state index in [0.29, 0.717) is 17.3 Å². The quantitative estimate of drug-likeness (QED) is 0.849. The molecule has 1 aliphatic rings. The summed E-state index contributed by atoms with van der Waals surface area (Å²) in [6.45, 7) is 2.59. The van der Waals surface area contributed by atoms with Crippen molar-refractivity contribution >= 4 is 29.1 Å². The molecule has 0 radical (unpaired) electrons. The summed E-state index contributed by atoms with van der Waals surface area (Å²) in [5.41, 5.74) is 2.82. The summed E-state index contributed by atoms with van der Waals surface area (Å²) in [5.74, 6) is -0.348. The number of halogens is 1. The summed E-state index contributed by atoms with van der Waals surface area (Å²) >= 11 is 5.97. The highest BCUT2D eigenvalue weighted by Crippen LogP contribution is 2.23. The lowest BCUT2D eigenvalue weighted by Crippen LogP contribution is -2.39. The molecule has 1 aliphatic heterocycles. The lowest BCUT2D eigenvalue weighted by atomic mass is 10.1. The van der Waals surface area contributed by atoms with Gasteiger partial charge < -0.3 is 5.32 Å². The molecule has 0 unspecified atom stereocenters. The molecule has 1 atom stereocenters. The van der Waals surface area contributed by atoms with Crippen LogP contribution in [0.2, 0.25) is 5.02 Å². The van der Waals surface area contributed by atoms with Gasteiger partial charge in [0.25, 0.3) is 5.91 Å². The van der Waals surface area contributed by atoms with Gasteiger partial charge in [0.1, 0.15) is 0 Å². The van der Waals surface area contributed by atoms with Crippen molar-refractivity contribution in [2.45, 2.75) is 25.8 Å². The lowest BCUT2D eigenvalue weighted by Gasteiger charge is -2.15. The third-order valence-corrected chi connectivity index (χ3v) is 4.37. The van der Waals surface area contributed by atoms with Gasteiger partial charge in [-0.2, -0.15) is 0 Å². The van der Waals surface area contributed by atoms with Crippen LogP contribution < -0.4 is 10.2 Å². The SMILES string of the molecule is Cc1ccc(N2C(=O)C[C@H](NCCc3cccc(Cl)c3)C2=O)cc1. The molecule has 1 heterocycles. The second-order valence-electron chi connectivity index (χ2n) is 5.99. The van der Waals surface area contributed by atoms with Gasteiger partial charge in [-0.1, -0.05) is 41.4 Å². The Bertz CT molecular complexity index is 758. The second kappa shape index (κ2) is 7.16. The van der Waals surface area contributed by atoms with Crippen LogP contribution >= 0.6 is 11.6 Å². The molecule has 24 heavy (non-hydrogen) atoms. The predicted octanol–water partition coefficient (Wildman–Crippen LogP) is 3.11. The first kappa shape index (κ1) is 16.7. The Balaban J connectivity index is 1.60. The van der Waals surface area contributed by atoms with E-state index < -0.39 is 6.04 Å². The van der Waals surface area contributed by atoms with Crippen molar-refractivity contribution in [1.82, 2.24) is 5.32 Å². The number of carbonyl (C=O) groups is 2. The number of nitrogens with zero attached hydrogens (tertiary/aromatic N) is 1. The first-order chi connectivity index (χ1) is 11.5. The maximum absolute atomic E-state index is 12.5. The Morgan fingerprint density at radius 3 is 2.62 bits per heavy atom. The number of amides is 2. The molecule has 0 saturated carbocycles. The first-order valence-electron chi connectivity index (χ1n) is 7.96. The summed E-state index contributed by atoms with van der Waals surface area (Å²) in [7, 11) is 0. The van der Waals surface area contributed by atoms with E-state index in [1.807, 2.05) is 43.3 Å². The maximum atomic E-state index is 12.5. The van der Waals surface area contributed by atoms with Crippen molar-refractivity contribution < 1.29 is 9.59 Å². The molecule has 3 rings (SSSR count). The highest BCUT2D eigenvalue weighted by molar-refractivity contribution is 6.30. The zero-order valence-corrected chi connectivity index (χ0v) is 14.2. The molecular formula is C19H19ClN2O2. The first-order valence-corrected chi connectivity index (χ1v) is 8.34. The van der Waals surface area contributed by atoms with E-state index in [0.717, 1.165) is 17.5 Å². The third-order valence-electron chi connectivity index (χ3n) is 4.13. The molecule has 0 aromatic heterocycles. The monoisotopic (exact) mass is 342 g/mol. The summed E-state index contributed by atoms with van der Waals surface area (Å²) < 4.78 is 0. The van der Waals surface area contributed by atoms with Crippen LogP contribution in [0.3, 0.4) is 0 Å². The molecule has 2 aromatic rings. The van der Waals surface area contributed by atoms with Gasteiger partial charge in [-0.25, -0.2) is 4.90 Å². The highest BCUT2D eigenvalue weighted by atomic mass is 35.5. The normalized spacial score (nSPS) is 17.6. The van der Waals surface area contributed by atoms with Gasteiger partial charge in [0.15, 0.2) is 0 Å². The fourth-order valence-electron chi connectivity index (χ4n) is 2.84. The number of aryl methyl sites for hydroxylation is 1. The van der Waals surface area contributed by atoms with Crippen molar-refractivity contribution in [3.8, 4) is 0 Å². The number of rotatable bonds is 5. The fourth-order valence-corrected chi connectivity index (χ4v) is 3.05. The van der Waals surface area contributed by atoms with E-state index in [-0.39, 0.29) is 18.2 Å². The Hall–Kier alpha value is -2.17. The number of nitrogens with one attached hydrogen (secondary N) is 1. The van der Waals surface area contributed by atoms with Gasteiger partial charge in [0, 0.05) is 5.02 Å². The molecule has 4 nitrogen and oxygen atoms in total. The average Bonchev–Trinajstić information content (AvgIpc) is 2.83. The van der Waals surface area contributed by atoms with Gasteiger partial charge in [-0.05, 0) is 49.7 Å². The number of imide groups is 1. The number of hydrogen-bond acceptors (Lipinski definition) is 3. The molecule has 1 fully saturated rings. The summed E-state index contributed by atoms with van der Waals surface area (Å²) in [6.07, 6.45) is 0.950. The third kappa shape index (κ3) is 3.66. The minimum Gasteiger partial charge on any atom is -0.305 e. The van der Waals surface area contributed by atoms with Gasteiger partial charge in [-0.15, -0.1) is 0 Å². The van der Waals surface area contributed by atoms with Gasteiger partial charge in [0.2, 0.25) is 5.91 Å². The summed E-state index contributed by atoms with van der Waals surface area (Å²) in [4.78, 5) is 26.0. The predicted molar refractivity (Wildman–Crippen MR) is 95.2 cm³/mol. The van der Waals surface area contributed by atoms with Crippen molar-refractivity contribution in [2.24, 2.45) is 0 Å². The lowest BCUT2D eigenvalue weighted by molar-refractivity contribution is -0.121. The zero-order chi connectivity index (χ0) is 17.1. The van der Waals surface area contributed by atoms with E-state index in [9.17, 15) is 9.59 Å².